The van der Waals surface area contributed by atoms with Gasteiger partial charge in [0, 0.05) is 27.3 Å². The van der Waals surface area contributed by atoms with E-state index < -0.39 is 19.6 Å². The normalized spacial score (nSPS) is 24.5. The van der Waals surface area contributed by atoms with Crippen molar-refractivity contribution in [1.82, 2.24) is 14.5 Å². The lowest BCUT2D eigenvalue weighted by Gasteiger charge is -2.37. The van der Waals surface area contributed by atoms with Crippen LogP contribution in [-0.2, 0) is 16.2 Å². The van der Waals surface area contributed by atoms with Crippen molar-refractivity contribution in [3.05, 3.63) is 64.5 Å². The number of aromatic nitrogens is 3. The van der Waals surface area contributed by atoms with Crippen molar-refractivity contribution < 1.29 is 14.3 Å². The second-order valence-electron chi connectivity index (χ2n) is 15.1. The molecular weight excluding hydrogens is 567 g/mol. The van der Waals surface area contributed by atoms with Gasteiger partial charge in [0.25, 0.3) is 5.91 Å². The van der Waals surface area contributed by atoms with Crippen LogP contribution in [0.4, 0.5) is 5.69 Å². The van der Waals surface area contributed by atoms with E-state index >= 15 is 0 Å². The Hall–Kier alpha value is -3.32. The SMILES string of the molecule is CC1=C(C)C2(C)CC(c3ccc(NC(=O)c4nc(C#N)cn4COCC[Si](C)(C)C)c(C4=CCC(C)(C)CC4)n3)=CC1(C)O2. The predicted octanol–water partition coefficient (Wildman–Crippen LogP) is 7.98. The number of imidazole rings is 1. The van der Waals surface area contributed by atoms with Crippen molar-refractivity contribution in [2.75, 3.05) is 11.9 Å². The van der Waals surface area contributed by atoms with E-state index in [9.17, 15) is 10.1 Å². The summed E-state index contributed by atoms with van der Waals surface area (Å²) in [5.41, 5.74) is 6.73. The average molecular weight is 614 g/mol. The summed E-state index contributed by atoms with van der Waals surface area (Å²) in [6.45, 7) is 20.8. The summed E-state index contributed by atoms with van der Waals surface area (Å²) in [5, 5.41) is 12.6. The van der Waals surface area contributed by atoms with E-state index in [0.717, 1.165) is 54.3 Å². The second kappa shape index (κ2) is 11.6. The van der Waals surface area contributed by atoms with Crippen molar-refractivity contribution in [3.8, 4) is 6.07 Å². The van der Waals surface area contributed by atoms with E-state index in [2.05, 4.69) is 89.7 Å². The van der Waals surface area contributed by atoms with Crippen molar-refractivity contribution >= 4 is 30.8 Å². The lowest BCUT2D eigenvalue weighted by Crippen LogP contribution is -2.37. The molecule has 3 aliphatic rings. The van der Waals surface area contributed by atoms with Crippen LogP contribution in [0.25, 0.3) is 11.1 Å². The Morgan fingerprint density at radius 2 is 1.89 bits per heavy atom. The summed E-state index contributed by atoms with van der Waals surface area (Å²) in [6, 6.07) is 7.02. The minimum Gasteiger partial charge on any atom is -0.361 e. The molecule has 1 N–H and O–H groups in total. The molecule has 0 spiro atoms. The molecule has 44 heavy (non-hydrogen) atoms. The summed E-state index contributed by atoms with van der Waals surface area (Å²) >= 11 is 0. The number of hydrogen-bond donors (Lipinski definition) is 1. The molecule has 8 nitrogen and oxygen atoms in total. The third kappa shape index (κ3) is 6.53. The van der Waals surface area contributed by atoms with Crippen molar-refractivity contribution in [2.24, 2.45) is 5.41 Å². The monoisotopic (exact) mass is 613 g/mol. The molecule has 2 unspecified atom stereocenters. The van der Waals surface area contributed by atoms with E-state index in [4.69, 9.17) is 14.5 Å². The molecule has 0 aromatic carbocycles. The number of carbonyl (C=O) groups excluding carboxylic acids is 1. The fraction of sp³-hybridized carbons (Fsp3) is 0.543. The van der Waals surface area contributed by atoms with Gasteiger partial charge in [0.1, 0.15) is 18.4 Å². The number of allylic oxidation sites excluding steroid dienone is 2. The maximum Gasteiger partial charge on any atom is 0.291 e. The maximum absolute atomic E-state index is 13.7. The van der Waals surface area contributed by atoms with Gasteiger partial charge in [-0.3, -0.25) is 4.79 Å². The lowest BCUT2D eigenvalue weighted by molar-refractivity contribution is -0.0554. The molecule has 2 atom stereocenters. The number of ether oxygens (including phenoxy) is 2. The topological polar surface area (TPSA) is 102 Å². The first kappa shape index (κ1) is 32.1. The van der Waals surface area contributed by atoms with Crippen LogP contribution < -0.4 is 5.32 Å². The molecule has 0 saturated heterocycles. The Morgan fingerprint density at radius 1 is 1.14 bits per heavy atom. The Kier molecular flexibility index (Phi) is 8.42. The zero-order valence-corrected chi connectivity index (χ0v) is 28.9. The lowest BCUT2D eigenvalue weighted by atomic mass is 9.77. The number of fused-ring (bicyclic) bond motifs is 2. The highest BCUT2D eigenvalue weighted by molar-refractivity contribution is 6.76. The molecule has 0 radical (unpaired) electrons. The second-order valence-corrected chi connectivity index (χ2v) is 20.7. The number of nitrogens with zero attached hydrogens (tertiary/aromatic N) is 4. The summed E-state index contributed by atoms with van der Waals surface area (Å²) in [5.74, 6) is -0.253. The third-order valence-corrected chi connectivity index (χ3v) is 11.3. The van der Waals surface area contributed by atoms with Gasteiger partial charge in [0.2, 0.25) is 5.82 Å². The van der Waals surface area contributed by atoms with Gasteiger partial charge < -0.3 is 19.4 Å². The summed E-state index contributed by atoms with van der Waals surface area (Å²) in [6.07, 6.45) is 9.66. The molecule has 1 amide bonds. The van der Waals surface area contributed by atoms with E-state index in [1.165, 1.54) is 11.1 Å². The van der Waals surface area contributed by atoms with Crippen LogP contribution in [0, 0.1) is 16.7 Å². The highest BCUT2D eigenvalue weighted by atomic mass is 28.3. The van der Waals surface area contributed by atoms with Gasteiger partial charge in [-0.2, -0.15) is 5.26 Å². The molecule has 2 aliphatic heterocycles. The van der Waals surface area contributed by atoms with Crippen LogP contribution in [0.15, 0.2) is 41.6 Å². The summed E-state index contributed by atoms with van der Waals surface area (Å²) in [7, 11) is -1.26. The van der Waals surface area contributed by atoms with Crippen molar-refractivity contribution in [1.29, 1.82) is 5.26 Å². The Morgan fingerprint density at radius 3 is 2.52 bits per heavy atom. The van der Waals surface area contributed by atoms with Crippen molar-refractivity contribution in [2.45, 2.75) is 111 Å². The number of nitrogens with one attached hydrogen (secondary N) is 1. The van der Waals surface area contributed by atoms with Crippen LogP contribution in [-0.4, -0.2) is 46.3 Å². The zero-order valence-electron chi connectivity index (χ0n) is 27.9. The van der Waals surface area contributed by atoms with Gasteiger partial charge in [-0.15, -0.1) is 0 Å². The molecule has 2 bridgehead atoms. The molecule has 0 saturated carbocycles. The first-order valence-electron chi connectivity index (χ1n) is 15.7. The molecule has 1 aliphatic carbocycles. The first-order chi connectivity index (χ1) is 20.5. The molecule has 2 aromatic rings. The molecule has 9 heteroatoms. The molecular formula is C35H47N5O3Si. The van der Waals surface area contributed by atoms with Gasteiger partial charge >= 0.3 is 0 Å². The highest BCUT2D eigenvalue weighted by Gasteiger charge is 2.49. The van der Waals surface area contributed by atoms with E-state index in [1.807, 2.05) is 12.1 Å². The first-order valence-corrected chi connectivity index (χ1v) is 19.4. The summed E-state index contributed by atoms with van der Waals surface area (Å²) in [4.78, 5) is 23.2. The number of nitriles is 1. The molecule has 234 valence electrons. The van der Waals surface area contributed by atoms with E-state index in [-0.39, 0.29) is 29.3 Å². The van der Waals surface area contributed by atoms with Crippen LogP contribution in [0.5, 0.6) is 0 Å². The minimum atomic E-state index is -1.26. The average Bonchev–Trinajstić information content (AvgIpc) is 3.41. The van der Waals surface area contributed by atoms with Gasteiger partial charge in [-0.05, 0) is 98.9 Å². The fourth-order valence-electron chi connectivity index (χ4n) is 6.35. The fourth-order valence-corrected chi connectivity index (χ4v) is 7.11. The Balaban J connectivity index is 1.46. The number of pyridine rings is 1. The highest BCUT2D eigenvalue weighted by Crippen LogP contribution is 2.52. The predicted molar refractivity (Wildman–Crippen MR) is 178 cm³/mol. The number of rotatable bonds is 9. The molecule has 0 fully saturated rings. The van der Waals surface area contributed by atoms with Gasteiger partial charge in [-0.1, -0.05) is 39.6 Å². The third-order valence-electron chi connectivity index (χ3n) is 9.58. The van der Waals surface area contributed by atoms with E-state index in [1.54, 1.807) is 10.8 Å². The van der Waals surface area contributed by atoms with Crippen LogP contribution >= 0.6 is 0 Å². The van der Waals surface area contributed by atoms with Crippen molar-refractivity contribution in [3.63, 3.8) is 0 Å². The number of amides is 1. The molecule has 4 heterocycles. The Labute approximate surface area is 263 Å². The standard InChI is InChI=1S/C35H47N5O3Si/c1-23-24(2)35(6)19-26(18-34(23,5)43-35)28-10-11-29(30(38-28)25-12-14-33(3,4)15-13-25)39-32(41)31-37-27(20-36)21-40(31)22-42-16-17-44(7,8)9/h10-12,18,21H,13-17,19,22H2,1-9H3,(H,39,41). The van der Waals surface area contributed by atoms with Gasteiger partial charge in [0.15, 0.2) is 5.69 Å². The molecule has 5 rings (SSSR count). The van der Waals surface area contributed by atoms with Gasteiger partial charge in [-0.25, -0.2) is 9.97 Å². The number of anilines is 1. The quantitative estimate of drug-likeness (QED) is 0.175. The zero-order chi connectivity index (χ0) is 32.1. The minimum absolute atomic E-state index is 0.143. The summed E-state index contributed by atoms with van der Waals surface area (Å²) < 4.78 is 14.0. The number of carbonyl (C=O) groups is 1. The van der Waals surface area contributed by atoms with Crippen LogP contribution in [0.1, 0.15) is 94.9 Å². The number of hydrogen-bond acceptors (Lipinski definition) is 6. The maximum atomic E-state index is 13.7. The van der Waals surface area contributed by atoms with Crippen LogP contribution in [0.2, 0.25) is 25.7 Å². The molecule has 2 aromatic heterocycles. The van der Waals surface area contributed by atoms with Gasteiger partial charge in [0.05, 0.1) is 22.7 Å². The smallest absolute Gasteiger partial charge is 0.291 e. The van der Waals surface area contributed by atoms with E-state index in [0.29, 0.717) is 12.3 Å². The Bertz CT molecular complexity index is 1620. The van der Waals surface area contributed by atoms with Crippen LogP contribution in [0.3, 0.4) is 0 Å². The largest absolute Gasteiger partial charge is 0.361 e.